The van der Waals surface area contributed by atoms with Crippen LogP contribution in [0.2, 0.25) is 0 Å². The van der Waals surface area contributed by atoms with Crippen LogP contribution in [-0.4, -0.2) is 53.8 Å². The molecule has 2 rings (SSSR count). The summed E-state index contributed by atoms with van der Waals surface area (Å²) in [5.74, 6) is -0.690. The number of carbonyl (C=O) groups is 2. The van der Waals surface area contributed by atoms with Gasteiger partial charge in [-0.15, -0.1) is 0 Å². The molecule has 0 aliphatic carbocycles. The summed E-state index contributed by atoms with van der Waals surface area (Å²) in [6, 6.07) is 2.43. The minimum Gasteiger partial charge on any atom is -0.478 e. The number of aromatic nitrogens is 1. The number of hydrogen-bond acceptors (Lipinski definition) is 5. The molecule has 1 aliphatic rings. The second kappa shape index (κ2) is 6.53. The molecule has 21 heavy (non-hydrogen) atoms. The maximum Gasteiger partial charge on any atom is 0.335 e. The molecule has 0 spiro atoms. The average molecular weight is 293 g/mol. The number of aromatic carboxylic acids is 1. The summed E-state index contributed by atoms with van der Waals surface area (Å²) in [6.45, 7) is 5.00. The van der Waals surface area contributed by atoms with Crippen molar-refractivity contribution in [1.29, 1.82) is 0 Å². The van der Waals surface area contributed by atoms with Crippen LogP contribution in [0.25, 0.3) is 0 Å². The molecule has 1 saturated heterocycles. The highest BCUT2D eigenvalue weighted by Gasteiger charge is 2.31. The lowest BCUT2D eigenvalue weighted by Gasteiger charge is -2.35. The van der Waals surface area contributed by atoms with Crippen molar-refractivity contribution in [3.8, 4) is 0 Å². The maximum atomic E-state index is 12.2. The average Bonchev–Trinajstić information content (AvgIpc) is 2.46. The number of nitrogens with zero attached hydrogens (tertiary/aromatic N) is 2. The molecular formula is C14H19N3O4. The molecule has 2 heterocycles. The molecule has 7 nitrogen and oxygen atoms in total. The van der Waals surface area contributed by atoms with E-state index in [-0.39, 0.29) is 24.1 Å². The highest BCUT2D eigenvalue weighted by molar-refractivity contribution is 5.89. The summed E-state index contributed by atoms with van der Waals surface area (Å²) in [7, 11) is 0. The topological polar surface area (TPSA) is 91.8 Å². The molecule has 1 aromatic heterocycles. The molecule has 1 fully saturated rings. The fraction of sp³-hybridized carbons (Fsp3) is 0.500. The lowest BCUT2D eigenvalue weighted by atomic mass is 10.1. The Bertz CT molecular complexity index is 533. The predicted molar refractivity (Wildman–Crippen MR) is 76.4 cm³/mol. The summed E-state index contributed by atoms with van der Waals surface area (Å²) in [5.41, 5.74) is 0.148. The normalized spacial score (nSPS) is 18.6. The number of morpholine rings is 1. The first-order valence-electron chi connectivity index (χ1n) is 6.83. The van der Waals surface area contributed by atoms with Gasteiger partial charge >= 0.3 is 5.97 Å². The number of rotatable bonds is 4. The van der Waals surface area contributed by atoms with E-state index in [1.165, 1.54) is 18.3 Å². The monoisotopic (exact) mass is 293 g/mol. The quantitative estimate of drug-likeness (QED) is 0.840. The van der Waals surface area contributed by atoms with E-state index in [2.05, 4.69) is 10.3 Å². The van der Waals surface area contributed by atoms with Gasteiger partial charge in [0, 0.05) is 18.8 Å². The summed E-state index contributed by atoms with van der Waals surface area (Å²) in [4.78, 5) is 29.3. The van der Waals surface area contributed by atoms with Crippen LogP contribution in [0.4, 0.5) is 5.82 Å². The molecule has 1 atom stereocenters. The van der Waals surface area contributed by atoms with E-state index in [1.54, 1.807) is 4.90 Å². The van der Waals surface area contributed by atoms with Gasteiger partial charge in [0.25, 0.3) is 0 Å². The first-order chi connectivity index (χ1) is 9.99. The fourth-order valence-electron chi connectivity index (χ4n) is 2.18. The number of nitrogens with one attached hydrogen (secondary N) is 1. The minimum atomic E-state index is -1.02. The van der Waals surface area contributed by atoms with Crippen molar-refractivity contribution in [2.45, 2.75) is 25.9 Å². The van der Waals surface area contributed by atoms with Gasteiger partial charge in [-0.05, 0) is 26.0 Å². The summed E-state index contributed by atoms with van der Waals surface area (Å²) in [5, 5.41) is 11.9. The number of amides is 1. The van der Waals surface area contributed by atoms with E-state index in [0.29, 0.717) is 19.0 Å². The Morgan fingerprint density at radius 1 is 1.52 bits per heavy atom. The molecule has 1 aliphatic heterocycles. The van der Waals surface area contributed by atoms with Gasteiger partial charge < -0.3 is 20.1 Å². The van der Waals surface area contributed by atoms with Crippen molar-refractivity contribution in [2.75, 3.05) is 24.7 Å². The third-order valence-corrected chi connectivity index (χ3v) is 3.15. The molecule has 1 aromatic rings. The van der Waals surface area contributed by atoms with E-state index < -0.39 is 12.0 Å². The standard InChI is InChI=1S/C14H19N3O4/c1-9(2)16-13(18)11-8-21-6-5-17(11)12-7-10(14(19)20)3-4-15-12/h3-4,7,9,11H,5-6,8H2,1-2H3,(H,16,18)(H,19,20). The number of carbonyl (C=O) groups excluding carboxylic acids is 1. The Kier molecular flexibility index (Phi) is 4.74. The van der Waals surface area contributed by atoms with E-state index in [9.17, 15) is 9.59 Å². The zero-order valence-corrected chi connectivity index (χ0v) is 12.1. The third kappa shape index (κ3) is 3.69. The van der Waals surface area contributed by atoms with Crippen LogP contribution in [0, 0.1) is 0 Å². The second-order valence-corrected chi connectivity index (χ2v) is 5.16. The maximum absolute atomic E-state index is 12.2. The van der Waals surface area contributed by atoms with Gasteiger partial charge in [-0.3, -0.25) is 4.79 Å². The van der Waals surface area contributed by atoms with E-state index in [0.717, 1.165) is 0 Å². The molecule has 0 saturated carbocycles. The largest absolute Gasteiger partial charge is 0.478 e. The van der Waals surface area contributed by atoms with Gasteiger partial charge in [-0.1, -0.05) is 0 Å². The Labute approximate surface area is 122 Å². The zero-order valence-electron chi connectivity index (χ0n) is 12.1. The SMILES string of the molecule is CC(C)NC(=O)C1COCCN1c1cc(C(=O)O)ccn1. The lowest BCUT2D eigenvalue weighted by Crippen LogP contribution is -2.55. The van der Waals surface area contributed by atoms with Crippen LogP contribution in [0.1, 0.15) is 24.2 Å². The van der Waals surface area contributed by atoms with Crippen LogP contribution >= 0.6 is 0 Å². The summed E-state index contributed by atoms with van der Waals surface area (Å²) in [6.07, 6.45) is 1.44. The smallest absolute Gasteiger partial charge is 0.335 e. The molecule has 0 bridgehead atoms. The van der Waals surface area contributed by atoms with Gasteiger partial charge in [-0.2, -0.15) is 0 Å². The number of pyridine rings is 1. The van der Waals surface area contributed by atoms with Crippen molar-refractivity contribution in [3.05, 3.63) is 23.9 Å². The Morgan fingerprint density at radius 2 is 2.29 bits per heavy atom. The van der Waals surface area contributed by atoms with Gasteiger partial charge in [0.15, 0.2) is 0 Å². The van der Waals surface area contributed by atoms with Crippen molar-refractivity contribution < 1.29 is 19.4 Å². The van der Waals surface area contributed by atoms with Crippen LogP contribution in [0.15, 0.2) is 18.3 Å². The number of carboxylic acids is 1. The highest BCUT2D eigenvalue weighted by Crippen LogP contribution is 2.19. The zero-order chi connectivity index (χ0) is 15.4. The molecule has 1 unspecified atom stereocenters. The molecule has 0 radical (unpaired) electrons. The van der Waals surface area contributed by atoms with Crippen LogP contribution in [0.5, 0.6) is 0 Å². The van der Waals surface area contributed by atoms with Crippen molar-refractivity contribution in [2.24, 2.45) is 0 Å². The van der Waals surface area contributed by atoms with Crippen LogP contribution in [0.3, 0.4) is 0 Å². The first kappa shape index (κ1) is 15.2. The van der Waals surface area contributed by atoms with Gasteiger partial charge in [0.1, 0.15) is 11.9 Å². The molecule has 7 heteroatoms. The van der Waals surface area contributed by atoms with Gasteiger partial charge in [0.05, 0.1) is 18.8 Å². The first-order valence-corrected chi connectivity index (χ1v) is 6.83. The van der Waals surface area contributed by atoms with Crippen molar-refractivity contribution >= 4 is 17.7 Å². The number of hydrogen-bond donors (Lipinski definition) is 2. The Hall–Kier alpha value is -2.15. The minimum absolute atomic E-state index is 0.0274. The number of anilines is 1. The van der Waals surface area contributed by atoms with Crippen LogP contribution < -0.4 is 10.2 Å². The van der Waals surface area contributed by atoms with Crippen LogP contribution in [-0.2, 0) is 9.53 Å². The second-order valence-electron chi connectivity index (χ2n) is 5.16. The molecule has 2 N–H and O–H groups in total. The highest BCUT2D eigenvalue weighted by atomic mass is 16.5. The number of ether oxygens (including phenoxy) is 1. The van der Waals surface area contributed by atoms with Crippen molar-refractivity contribution in [3.63, 3.8) is 0 Å². The third-order valence-electron chi connectivity index (χ3n) is 3.15. The lowest BCUT2D eigenvalue weighted by molar-refractivity contribution is -0.125. The molecular weight excluding hydrogens is 274 g/mol. The predicted octanol–water partition coefficient (Wildman–Crippen LogP) is 0.510. The number of carboxylic acid groups (broad SMARTS) is 1. The van der Waals surface area contributed by atoms with E-state index in [1.807, 2.05) is 13.8 Å². The van der Waals surface area contributed by atoms with E-state index in [4.69, 9.17) is 9.84 Å². The molecule has 114 valence electrons. The van der Waals surface area contributed by atoms with E-state index >= 15 is 0 Å². The fourth-order valence-corrected chi connectivity index (χ4v) is 2.18. The summed E-state index contributed by atoms with van der Waals surface area (Å²) < 4.78 is 5.37. The van der Waals surface area contributed by atoms with Crippen molar-refractivity contribution in [1.82, 2.24) is 10.3 Å². The Morgan fingerprint density at radius 3 is 2.95 bits per heavy atom. The van der Waals surface area contributed by atoms with Gasteiger partial charge in [0.2, 0.25) is 5.91 Å². The Balaban J connectivity index is 2.24. The summed E-state index contributed by atoms with van der Waals surface area (Å²) >= 11 is 0. The molecule has 1 amide bonds. The van der Waals surface area contributed by atoms with Gasteiger partial charge in [-0.25, -0.2) is 9.78 Å². The molecule has 0 aromatic carbocycles.